The van der Waals surface area contributed by atoms with E-state index in [1.165, 1.54) is 0 Å². The third-order valence-electron chi connectivity index (χ3n) is 2.71. The van der Waals surface area contributed by atoms with E-state index in [1.807, 2.05) is 31.3 Å². The number of H-pyrrole nitrogens is 1. The highest BCUT2D eigenvalue weighted by Gasteiger charge is 2.08. The van der Waals surface area contributed by atoms with E-state index in [9.17, 15) is 0 Å². The van der Waals surface area contributed by atoms with Gasteiger partial charge in [0.2, 0.25) is 0 Å². The van der Waals surface area contributed by atoms with Crippen LogP contribution in [-0.2, 0) is 6.42 Å². The molecule has 4 nitrogen and oxygen atoms in total. The number of nitrogens with two attached hydrogens (primary N) is 1. The van der Waals surface area contributed by atoms with Gasteiger partial charge >= 0.3 is 0 Å². The van der Waals surface area contributed by atoms with E-state index in [-0.39, 0.29) is 0 Å². The zero-order chi connectivity index (χ0) is 12.3. The summed E-state index contributed by atoms with van der Waals surface area (Å²) in [5.74, 6) is 1.28. The molecule has 0 aliphatic carbocycles. The van der Waals surface area contributed by atoms with Crippen molar-refractivity contribution < 1.29 is 0 Å². The molecule has 0 spiro atoms. The molecule has 2 heterocycles. The van der Waals surface area contributed by atoms with Crippen molar-refractivity contribution in [3.05, 3.63) is 35.9 Å². The fraction of sp³-hybridized carbons (Fsp3) is 0.385. The van der Waals surface area contributed by atoms with Gasteiger partial charge in [0.15, 0.2) is 0 Å². The Morgan fingerprint density at radius 3 is 2.88 bits per heavy atom. The normalized spacial score (nSPS) is 12.6. The van der Waals surface area contributed by atoms with Crippen LogP contribution in [-0.4, -0.2) is 21.5 Å². The van der Waals surface area contributed by atoms with Gasteiger partial charge in [-0.15, -0.1) is 0 Å². The molecule has 2 aromatic heterocycles. The molecule has 0 aliphatic rings. The molecule has 3 N–H and O–H groups in total. The molecule has 0 saturated carbocycles. The van der Waals surface area contributed by atoms with Crippen LogP contribution < -0.4 is 5.73 Å². The third kappa shape index (κ3) is 2.91. The van der Waals surface area contributed by atoms with Crippen molar-refractivity contribution in [2.45, 2.75) is 20.3 Å². The summed E-state index contributed by atoms with van der Waals surface area (Å²) >= 11 is 0. The minimum atomic E-state index is 0.410. The van der Waals surface area contributed by atoms with Gasteiger partial charge in [0, 0.05) is 18.3 Å². The summed E-state index contributed by atoms with van der Waals surface area (Å²) in [6.07, 6.45) is 2.72. The van der Waals surface area contributed by atoms with Crippen molar-refractivity contribution in [3.8, 4) is 11.4 Å². The van der Waals surface area contributed by atoms with Gasteiger partial charge in [0.25, 0.3) is 0 Å². The lowest BCUT2D eigenvalue weighted by molar-refractivity contribution is 0.572. The largest absolute Gasteiger partial charge is 0.360 e. The van der Waals surface area contributed by atoms with Gasteiger partial charge in [-0.3, -0.25) is 0 Å². The molecule has 0 saturated heterocycles. The van der Waals surface area contributed by atoms with Gasteiger partial charge in [0.1, 0.15) is 5.82 Å². The molecule has 90 valence electrons. The molecular weight excluding hydrogens is 212 g/mol. The van der Waals surface area contributed by atoms with Crippen LogP contribution in [0.4, 0.5) is 0 Å². The minimum Gasteiger partial charge on any atom is -0.360 e. The highest BCUT2D eigenvalue weighted by Crippen LogP contribution is 2.16. The Labute approximate surface area is 101 Å². The number of aryl methyl sites for hydroxylation is 1. The second-order valence-corrected chi connectivity index (χ2v) is 4.44. The molecule has 1 atom stereocenters. The van der Waals surface area contributed by atoms with Gasteiger partial charge in [-0.05, 0) is 37.6 Å². The Hall–Kier alpha value is -1.68. The maximum Gasteiger partial charge on any atom is 0.129 e. The maximum absolute atomic E-state index is 5.63. The van der Waals surface area contributed by atoms with E-state index in [2.05, 4.69) is 21.9 Å². The maximum atomic E-state index is 5.63. The first-order valence-electron chi connectivity index (χ1n) is 5.87. The van der Waals surface area contributed by atoms with Crippen LogP contribution in [0, 0.1) is 12.8 Å². The Bertz CT molecular complexity index is 476. The van der Waals surface area contributed by atoms with Crippen molar-refractivity contribution in [1.29, 1.82) is 0 Å². The molecule has 2 rings (SSSR count). The second-order valence-electron chi connectivity index (χ2n) is 4.44. The number of hydrogen-bond donors (Lipinski definition) is 2. The van der Waals surface area contributed by atoms with Crippen molar-refractivity contribution in [3.63, 3.8) is 0 Å². The van der Waals surface area contributed by atoms with Gasteiger partial charge in [-0.1, -0.05) is 6.92 Å². The Morgan fingerprint density at radius 1 is 1.41 bits per heavy atom. The van der Waals surface area contributed by atoms with Crippen LogP contribution in [0.3, 0.4) is 0 Å². The van der Waals surface area contributed by atoms with E-state index in [1.54, 1.807) is 0 Å². The summed E-state index contributed by atoms with van der Waals surface area (Å²) in [7, 11) is 0. The number of rotatable bonds is 4. The van der Waals surface area contributed by atoms with E-state index < -0.39 is 0 Å². The molecule has 0 radical (unpaired) electrons. The summed E-state index contributed by atoms with van der Waals surface area (Å²) in [6.45, 7) is 4.76. The van der Waals surface area contributed by atoms with Crippen LogP contribution in [0.15, 0.2) is 24.4 Å². The lowest BCUT2D eigenvalue weighted by atomic mass is 10.1. The number of nitrogens with zero attached hydrogens (tertiary/aromatic N) is 2. The van der Waals surface area contributed by atoms with Crippen molar-refractivity contribution in [1.82, 2.24) is 15.0 Å². The van der Waals surface area contributed by atoms with Crippen LogP contribution in [0.25, 0.3) is 11.4 Å². The lowest BCUT2D eigenvalue weighted by Gasteiger charge is -2.09. The minimum absolute atomic E-state index is 0.410. The molecule has 4 heteroatoms. The smallest absolute Gasteiger partial charge is 0.129 e. The number of aromatic amines is 1. The molecule has 1 unspecified atom stereocenters. The van der Waals surface area contributed by atoms with Gasteiger partial charge in [-0.25, -0.2) is 9.97 Å². The predicted octanol–water partition coefficient (Wildman–Crippen LogP) is 1.92. The molecule has 0 amide bonds. The molecule has 0 bridgehead atoms. The average Bonchev–Trinajstić information content (AvgIpc) is 2.81. The van der Waals surface area contributed by atoms with E-state index >= 15 is 0 Å². The van der Waals surface area contributed by atoms with E-state index in [0.717, 1.165) is 29.3 Å². The number of nitrogens with one attached hydrogen (secondary N) is 1. The molecular formula is C13H18N4. The molecule has 0 aliphatic heterocycles. The summed E-state index contributed by atoms with van der Waals surface area (Å²) < 4.78 is 0. The van der Waals surface area contributed by atoms with Gasteiger partial charge < -0.3 is 10.7 Å². The van der Waals surface area contributed by atoms with Crippen LogP contribution in [0.2, 0.25) is 0 Å². The fourth-order valence-corrected chi connectivity index (χ4v) is 1.74. The number of hydrogen-bond acceptors (Lipinski definition) is 3. The third-order valence-corrected chi connectivity index (χ3v) is 2.71. The van der Waals surface area contributed by atoms with Gasteiger partial charge in [0.05, 0.1) is 11.4 Å². The van der Waals surface area contributed by atoms with Crippen LogP contribution >= 0.6 is 0 Å². The first kappa shape index (κ1) is 11.8. The van der Waals surface area contributed by atoms with E-state index in [4.69, 9.17) is 5.73 Å². The van der Waals surface area contributed by atoms with Crippen LogP contribution in [0.1, 0.15) is 18.4 Å². The highest BCUT2D eigenvalue weighted by atomic mass is 14.9. The van der Waals surface area contributed by atoms with E-state index in [0.29, 0.717) is 12.5 Å². The molecule has 2 aromatic rings. The van der Waals surface area contributed by atoms with Crippen molar-refractivity contribution in [2.75, 3.05) is 6.54 Å². The zero-order valence-corrected chi connectivity index (χ0v) is 10.3. The van der Waals surface area contributed by atoms with Crippen molar-refractivity contribution in [2.24, 2.45) is 11.7 Å². The summed E-state index contributed by atoms with van der Waals surface area (Å²) in [4.78, 5) is 12.2. The second kappa shape index (κ2) is 5.10. The first-order valence-corrected chi connectivity index (χ1v) is 5.87. The zero-order valence-electron chi connectivity index (χ0n) is 10.3. The first-order chi connectivity index (χ1) is 8.19. The van der Waals surface area contributed by atoms with Crippen molar-refractivity contribution >= 4 is 0 Å². The standard InChI is InChI=1S/C13H18N4/c1-9(8-14)6-13-16-10(2)7-12(17-13)11-4-3-5-15-11/h3-5,7,9,15H,6,8,14H2,1-2H3. The summed E-state index contributed by atoms with van der Waals surface area (Å²) in [5, 5.41) is 0. The summed E-state index contributed by atoms with van der Waals surface area (Å²) in [5.41, 5.74) is 8.59. The van der Waals surface area contributed by atoms with Gasteiger partial charge in [-0.2, -0.15) is 0 Å². The highest BCUT2D eigenvalue weighted by molar-refractivity contribution is 5.54. The van der Waals surface area contributed by atoms with Crippen LogP contribution in [0.5, 0.6) is 0 Å². The molecule has 0 aromatic carbocycles. The predicted molar refractivity (Wildman–Crippen MR) is 68.5 cm³/mol. The SMILES string of the molecule is Cc1cc(-c2ccc[nH]2)nc(CC(C)CN)n1. The quantitative estimate of drug-likeness (QED) is 0.843. The Morgan fingerprint density at radius 2 is 2.24 bits per heavy atom. The monoisotopic (exact) mass is 230 g/mol. The molecule has 0 fully saturated rings. The Balaban J connectivity index is 2.30. The Kier molecular flexibility index (Phi) is 3.54. The average molecular weight is 230 g/mol. The lowest BCUT2D eigenvalue weighted by Crippen LogP contribution is -2.15. The topological polar surface area (TPSA) is 67.6 Å². The summed E-state index contributed by atoms with van der Waals surface area (Å²) in [6, 6.07) is 5.97. The fourth-order valence-electron chi connectivity index (χ4n) is 1.74. The number of aromatic nitrogens is 3. The molecule has 17 heavy (non-hydrogen) atoms.